The predicted molar refractivity (Wildman–Crippen MR) is 138 cm³/mol. The van der Waals surface area contributed by atoms with Crippen molar-refractivity contribution >= 4 is 66.4 Å². The van der Waals surface area contributed by atoms with Gasteiger partial charge in [0.15, 0.2) is 0 Å². The molecule has 0 amide bonds. The van der Waals surface area contributed by atoms with E-state index in [9.17, 15) is 0 Å². The normalized spacial score (nSPS) is 11.4. The Morgan fingerprint density at radius 1 is 0.406 bits per heavy atom. The molecule has 0 saturated heterocycles. The molecule has 0 aliphatic rings. The molecule has 0 saturated carbocycles. The molecule has 4 nitrogen and oxygen atoms in total. The van der Waals surface area contributed by atoms with Crippen LogP contribution < -0.4 is 22.1 Å². The molecular formula is C28H22N4. The minimum absolute atomic E-state index is 0.731. The number of nitrogen functional groups attached to an aromatic ring is 2. The lowest BCUT2D eigenvalue weighted by molar-refractivity contribution is 1.57. The van der Waals surface area contributed by atoms with Gasteiger partial charge in [0.1, 0.15) is 0 Å². The van der Waals surface area contributed by atoms with E-state index < -0.39 is 0 Å². The molecule has 154 valence electrons. The van der Waals surface area contributed by atoms with Crippen LogP contribution in [0.3, 0.4) is 0 Å². The second kappa shape index (κ2) is 7.06. The molecule has 0 heterocycles. The number of nitrogens with two attached hydrogens (primary N) is 2. The number of rotatable bonds is 4. The van der Waals surface area contributed by atoms with Crippen molar-refractivity contribution in [2.45, 2.75) is 0 Å². The van der Waals surface area contributed by atoms with Gasteiger partial charge >= 0.3 is 0 Å². The van der Waals surface area contributed by atoms with Crippen LogP contribution in [-0.4, -0.2) is 0 Å². The van der Waals surface area contributed by atoms with Gasteiger partial charge in [-0.2, -0.15) is 0 Å². The van der Waals surface area contributed by atoms with Crippen molar-refractivity contribution in [3.8, 4) is 0 Å². The fraction of sp³-hybridized carbons (Fsp3) is 0. The molecule has 0 radical (unpaired) electrons. The van der Waals surface area contributed by atoms with Gasteiger partial charge in [0.05, 0.1) is 22.7 Å². The number of para-hydroxylation sites is 2. The van der Waals surface area contributed by atoms with E-state index in [1.807, 2.05) is 72.8 Å². The molecule has 0 atom stereocenters. The Morgan fingerprint density at radius 3 is 1.19 bits per heavy atom. The van der Waals surface area contributed by atoms with Crippen molar-refractivity contribution in [1.82, 2.24) is 0 Å². The molecule has 0 spiro atoms. The maximum Gasteiger partial charge on any atom is 0.0704 e. The summed E-state index contributed by atoms with van der Waals surface area (Å²) in [6, 6.07) is 32.7. The number of hydrogen-bond acceptors (Lipinski definition) is 4. The van der Waals surface area contributed by atoms with Crippen LogP contribution in [0.2, 0.25) is 0 Å². The maximum absolute atomic E-state index is 6.78. The molecule has 6 aromatic rings. The summed E-state index contributed by atoms with van der Waals surface area (Å²) < 4.78 is 0. The van der Waals surface area contributed by atoms with E-state index >= 15 is 0 Å². The van der Waals surface area contributed by atoms with Gasteiger partial charge in [0.2, 0.25) is 0 Å². The topological polar surface area (TPSA) is 76.1 Å². The summed E-state index contributed by atoms with van der Waals surface area (Å²) in [6.45, 7) is 0. The molecule has 0 aliphatic carbocycles. The first kappa shape index (κ1) is 18.3. The number of anilines is 6. The number of nitrogens with one attached hydrogen (secondary N) is 2. The molecule has 6 N–H and O–H groups in total. The van der Waals surface area contributed by atoms with Gasteiger partial charge in [-0.3, -0.25) is 0 Å². The molecule has 0 aromatic heterocycles. The predicted octanol–water partition coefficient (Wildman–Crippen LogP) is 7.24. The Bertz CT molecular complexity index is 1450. The Labute approximate surface area is 185 Å². The molecule has 4 heteroatoms. The van der Waals surface area contributed by atoms with Gasteiger partial charge in [-0.1, -0.05) is 72.8 Å². The summed E-state index contributed by atoms with van der Waals surface area (Å²) in [5, 5.41) is 13.5. The minimum Gasteiger partial charge on any atom is -0.397 e. The second-order valence-corrected chi connectivity index (χ2v) is 8.02. The van der Waals surface area contributed by atoms with Crippen LogP contribution in [0.1, 0.15) is 0 Å². The van der Waals surface area contributed by atoms with Crippen molar-refractivity contribution in [1.29, 1.82) is 0 Å². The van der Waals surface area contributed by atoms with Crippen LogP contribution in [0.5, 0.6) is 0 Å². The molecule has 0 aliphatic heterocycles. The van der Waals surface area contributed by atoms with Gasteiger partial charge < -0.3 is 22.1 Å². The lowest BCUT2D eigenvalue weighted by Gasteiger charge is -2.22. The molecule has 6 aromatic carbocycles. The highest BCUT2D eigenvalue weighted by atomic mass is 14.9. The SMILES string of the molecule is Nc1c(Nc2ccccc2)c2cccc3c(N)c(Nc4ccccc4)c4cccc1c4c32. The fourth-order valence-corrected chi connectivity index (χ4v) is 4.67. The zero-order valence-electron chi connectivity index (χ0n) is 17.4. The van der Waals surface area contributed by atoms with E-state index in [4.69, 9.17) is 11.5 Å². The van der Waals surface area contributed by atoms with Crippen LogP contribution >= 0.6 is 0 Å². The average molecular weight is 415 g/mol. The third-order valence-corrected chi connectivity index (χ3v) is 6.12. The highest BCUT2D eigenvalue weighted by Gasteiger charge is 2.20. The molecule has 0 fully saturated rings. The van der Waals surface area contributed by atoms with Crippen molar-refractivity contribution in [2.24, 2.45) is 0 Å². The van der Waals surface area contributed by atoms with E-state index in [0.29, 0.717) is 0 Å². The van der Waals surface area contributed by atoms with Crippen LogP contribution in [-0.2, 0) is 0 Å². The average Bonchev–Trinajstić information content (AvgIpc) is 2.84. The first-order valence-electron chi connectivity index (χ1n) is 10.6. The van der Waals surface area contributed by atoms with Gasteiger partial charge in [-0.25, -0.2) is 0 Å². The summed E-state index contributed by atoms with van der Waals surface area (Å²) >= 11 is 0. The zero-order valence-corrected chi connectivity index (χ0v) is 17.4. The first-order valence-corrected chi connectivity index (χ1v) is 10.6. The van der Waals surface area contributed by atoms with E-state index in [1.54, 1.807) is 0 Å². The lowest BCUT2D eigenvalue weighted by Crippen LogP contribution is -2.03. The van der Waals surface area contributed by atoms with Gasteiger partial charge in [0, 0.05) is 43.7 Å². The first-order chi connectivity index (χ1) is 15.7. The van der Waals surface area contributed by atoms with Gasteiger partial charge in [0.25, 0.3) is 0 Å². The van der Waals surface area contributed by atoms with E-state index in [0.717, 1.165) is 66.4 Å². The second-order valence-electron chi connectivity index (χ2n) is 8.02. The third kappa shape index (κ3) is 2.70. The van der Waals surface area contributed by atoms with Crippen LogP contribution in [0.15, 0.2) is 97.1 Å². The summed E-state index contributed by atoms with van der Waals surface area (Å²) in [6.07, 6.45) is 0. The molecule has 32 heavy (non-hydrogen) atoms. The third-order valence-electron chi connectivity index (χ3n) is 6.12. The van der Waals surface area contributed by atoms with Gasteiger partial charge in [-0.15, -0.1) is 0 Å². The van der Waals surface area contributed by atoms with Crippen LogP contribution in [0.4, 0.5) is 34.1 Å². The summed E-state index contributed by atoms with van der Waals surface area (Å²) in [7, 11) is 0. The van der Waals surface area contributed by atoms with E-state index in [-0.39, 0.29) is 0 Å². The van der Waals surface area contributed by atoms with Gasteiger partial charge in [-0.05, 0) is 24.3 Å². The maximum atomic E-state index is 6.78. The molecular weight excluding hydrogens is 392 g/mol. The van der Waals surface area contributed by atoms with Crippen LogP contribution in [0, 0.1) is 0 Å². The highest BCUT2D eigenvalue weighted by molar-refractivity contribution is 6.35. The van der Waals surface area contributed by atoms with Crippen molar-refractivity contribution in [2.75, 3.05) is 22.1 Å². The van der Waals surface area contributed by atoms with Crippen LogP contribution in [0.25, 0.3) is 32.3 Å². The number of hydrogen-bond donors (Lipinski definition) is 4. The minimum atomic E-state index is 0.731. The summed E-state index contributed by atoms with van der Waals surface area (Å²) in [5.74, 6) is 0. The fourth-order valence-electron chi connectivity index (χ4n) is 4.67. The van der Waals surface area contributed by atoms with E-state index in [2.05, 4.69) is 34.9 Å². The highest BCUT2D eigenvalue weighted by Crippen LogP contribution is 2.49. The molecule has 6 rings (SSSR count). The lowest BCUT2D eigenvalue weighted by atomic mass is 9.89. The van der Waals surface area contributed by atoms with Crippen molar-refractivity contribution < 1.29 is 0 Å². The Hall–Kier alpha value is -4.44. The Kier molecular flexibility index (Phi) is 4.05. The quantitative estimate of drug-likeness (QED) is 0.181. The monoisotopic (exact) mass is 414 g/mol. The smallest absolute Gasteiger partial charge is 0.0704 e. The van der Waals surface area contributed by atoms with Crippen molar-refractivity contribution in [3.05, 3.63) is 97.1 Å². The zero-order chi connectivity index (χ0) is 21.7. The standard InChI is InChI=1S/C28H22N4/c29-25-19-13-8-16-22-24(19)23-20(26(30)28(22)32-18-11-5-2-6-12-18)14-7-15-21(23)27(25)31-17-9-3-1-4-10-17/h1-16,31-32H,29-30H2. The Balaban J connectivity index is 1.69. The molecule has 0 unspecified atom stereocenters. The van der Waals surface area contributed by atoms with Crippen molar-refractivity contribution in [3.63, 3.8) is 0 Å². The Morgan fingerprint density at radius 2 is 0.781 bits per heavy atom. The summed E-state index contributed by atoms with van der Waals surface area (Å²) in [4.78, 5) is 0. The summed E-state index contributed by atoms with van der Waals surface area (Å²) in [5.41, 5.74) is 18.8. The number of benzene rings is 6. The largest absolute Gasteiger partial charge is 0.397 e. The van der Waals surface area contributed by atoms with E-state index in [1.165, 1.54) is 0 Å². The molecule has 0 bridgehead atoms.